The molecule has 2 atom stereocenters. The van der Waals surface area contributed by atoms with Gasteiger partial charge in [0.2, 0.25) is 0 Å². The Morgan fingerprint density at radius 1 is 1.69 bits per heavy atom. The van der Waals surface area contributed by atoms with Crippen LogP contribution in [0.2, 0.25) is 0 Å². The molecule has 1 aliphatic rings. The van der Waals surface area contributed by atoms with Crippen molar-refractivity contribution in [1.29, 1.82) is 0 Å². The average Bonchev–Trinajstić information content (AvgIpc) is 2.72. The number of rotatable bonds is 2. The predicted molar refractivity (Wildman–Crippen MR) is 51.3 cm³/mol. The van der Waals surface area contributed by atoms with Gasteiger partial charge >= 0.3 is 0 Å². The molecule has 1 fully saturated rings. The molecule has 0 spiro atoms. The minimum absolute atomic E-state index is 0.345. The van der Waals surface area contributed by atoms with Crippen molar-refractivity contribution >= 4 is 0 Å². The maximum Gasteiger partial charge on any atom is 0.120 e. The molecule has 0 aliphatic carbocycles. The molecule has 1 aliphatic heterocycles. The summed E-state index contributed by atoms with van der Waals surface area (Å²) in [6, 6.07) is 4.66. The first-order valence-corrected chi connectivity index (χ1v) is 4.80. The number of furan rings is 1. The topological polar surface area (TPSA) is 42.4 Å². The Labute approximate surface area is 78.5 Å². The summed E-state index contributed by atoms with van der Waals surface area (Å²) in [6.07, 6.45) is 2.83. The maximum absolute atomic E-state index is 5.84. The highest BCUT2D eigenvalue weighted by molar-refractivity contribution is 5.04. The monoisotopic (exact) mass is 180 g/mol. The van der Waals surface area contributed by atoms with Crippen molar-refractivity contribution in [3.05, 3.63) is 24.2 Å². The van der Waals surface area contributed by atoms with E-state index in [2.05, 4.69) is 11.8 Å². The van der Waals surface area contributed by atoms with Gasteiger partial charge in [-0.15, -0.1) is 0 Å². The van der Waals surface area contributed by atoms with Gasteiger partial charge in [0.05, 0.1) is 12.3 Å². The normalized spacial score (nSPS) is 26.5. The van der Waals surface area contributed by atoms with Gasteiger partial charge in [-0.25, -0.2) is 0 Å². The van der Waals surface area contributed by atoms with E-state index in [9.17, 15) is 0 Å². The highest BCUT2D eigenvalue weighted by atomic mass is 16.3. The fourth-order valence-electron chi connectivity index (χ4n) is 1.88. The predicted octanol–water partition coefficient (Wildman–Crippen LogP) is 1.37. The molecular formula is C10H16N2O. The highest BCUT2D eigenvalue weighted by Gasteiger charge is 2.25. The lowest BCUT2D eigenvalue weighted by Gasteiger charge is -2.21. The summed E-state index contributed by atoms with van der Waals surface area (Å²) in [5, 5.41) is 0. The van der Waals surface area contributed by atoms with Crippen LogP contribution in [0.1, 0.15) is 25.1 Å². The first-order chi connectivity index (χ1) is 6.27. The molecule has 1 saturated heterocycles. The van der Waals surface area contributed by atoms with Gasteiger partial charge in [-0.2, -0.15) is 0 Å². The van der Waals surface area contributed by atoms with Gasteiger partial charge in [0.15, 0.2) is 0 Å². The van der Waals surface area contributed by atoms with Gasteiger partial charge in [0.25, 0.3) is 0 Å². The van der Waals surface area contributed by atoms with E-state index in [0.717, 1.165) is 25.3 Å². The Bertz CT molecular complexity index is 258. The van der Waals surface area contributed by atoms with Gasteiger partial charge < -0.3 is 10.2 Å². The summed E-state index contributed by atoms with van der Waals surface area (Å²) in [5.41, 5.74) is 5.84. The molecular weight excluding hydrogens is 164 g/mol. The van der Waals surface area contributed by atoms with Crippen LogP contribution in [0.3, 0.4) is 0 Å². The summed E-state index contributed by atoms with van der Waals surface area (Å²) in [7, 11) is 0. The van der Waals surface area contributed by atoms with Crippen molar-refractivity contribution in [3.8, 4) is 0 Å². The van der Waals surface area contributed by atoms with E-state index in [4.69, 9.17) is 10.2 Å². The van der Waals surface area contributed by atoms with Crippen molar-refractivity contribution < 1.29 is 4.42 Å². The van der Waals surface area contributed by atoms with Gasteiger partial charge in [-0.1, -0.05) is 0 Å². The van der Waals surface area contributed by atoms with Crippen molar-refractivity contribution in [1.82, 2.24) is 4.90 Å². The number of hydrogen-bond acceptors (Lipinski definition) is 3. The molecule has 2 rings (SSSR count). The minimum atomic E-state index is 0.345. The van der Waals surface area contributed by atoms with Gasteiger partial charge in [-0.3, -0.25) is 4.90 Å². The summed E-state index contributed by atoms with van der Waals surface area (Å²) in [5.74, 6) is 1.04. The number of hydrogen-bond donors (Lipinski definition) is 1. The molecule has 0 saturated carbocycles. The molecule has 3 nitrogen and oxygen atoms in total. The largest absolute Gasteiger partial charge is 0.468 e. The molecule has 0 unspecified atom stereocenters. The third-order valence-electron chi connectivity index (χ3n) is 2.76. The number of likely N-dealkylation sites (tertiary alicyclic amines) is 1. The van der Waals surface area contributed by atoms with Crippen LogP contribution in [-0.2, 0) is 0 Å². The van der Waals surface area contributed by atoms with Crippen molar-refractivity contribution in [3.63, 3.8) is 0 Å². The molecule has 3 heteroatoms. The van der Waals surface area contributed by atoms with Crippen LogP contribution in [0.15, 0.2) is 22.8 Å². The summed E-state index contributed by atoms with van der Waals surface area (Å²) in [6.45, 7) is 4.24. The first kappa shape index (κ1) is 8.78. The lowest BCUT2D eigenvalue weighted by atomic mass is 10.2. The Morgan fingerprint density at radius 3 is 3.08 bits per heavy atom. The van der Waals surface area contributed by atoms with E-state index < -0.39 is 0 Å². The van der Waals surface area contributed by atoms with Crippen LogP contribution in [0.5, 0.6) is 0 Å². The lowest BCUT2D eigenvalue weighted by molar-refractivity contribution is 0.229. The second-order valence-electron chi connectivity index (χ2n) is 3.74. The number of nitrogens with zero attached hydrogens (tertiary/aromatic N) is 1. The van der Waals surface area contributed by atoms with E-state index in [1.54, 1.807) is 6.26 Å². The van der Waals surface area contributed by atoms with Crippen molar-refractivity contribution in [2.24, 2.45) is 5.73 Å². The summed E-state index contributed by atoms with van der Waals surface area (Å²) in [4.78, 5) is 2.36. The maximum atomic E-state index is 5.84. The van der Waals surface area contributed by atoms with E-state index in [1.165, 1.54) is 0 Å². The molecule has 0 bridgehead atoms. The molecule has 1 aromatic rings. The van der Waals surface area contributed by atoms with E-state index in [0.29, 0.717) is 12.1 Å². The molecule has 72 valence electrons. The highest BCUT2D eigenvalue weighted by Crippen LogP contribution is 2.23. The van der Waals surface area contributed by atoms with Crippen LogP contribution in [0.4, 0.5) is 0 Å². The van der Waals surface area contributed by atoms with Crippen LogP contribution in [0.25, 0.3) is 0 Å². The standard InChI is InChI=1S/C10H16N2O/c1-8(10-3-2-6-13-10)12-5-4-9(11)7-12/h2-3,6,8-9H,4-5,7,11H2,1H3/t8-,9+/m0/s1. The second kappa shape index (κ2) is 3.52. The summed E-state index contributed by atoms with van der Waals surface area (Å²) < 4.78 is 5.36. The Hall–Kier alpha value is -0.800. The first-order valence-electron chi connectivity index (χ1n) is 4.80. The Kier molecular flexibility index (Phi) is 2.38. The lowest BCUT2D eigenvalue weighted by Crippen LogP contribution is -2.28. The second-order valence-corrected chi connectivity index (χ2v) is 3.74. The molecule has 2 N–H and O–H groups in total. The fourth-order valence-corrected chi connectivity index (χ4v) is 1.88. The Balaban J connectivity index is 2.02. The zero-order valence-electron chi connectivity index (χ0n) is 7.94. The van der Waals surface area contributed by atoms with E-state index in [-0.39, 0.29) is 0 Å². The van der Waals surface area contributed by atoms with Crippen LogP contribution < -0.4 is 5.73 Å². The molecule has 0 aromatic carbocycles. The third-order valence-corrected chi connectivity index (χ3v) is 2.76. The van der Waals surface area contributed by atoms with E-state index >= 15 is 0 Å². The summed E-state index contributed by atoms with van der Waals surface area (Å²) >= 11 is 0. The SMILES string of the molecule is C[C@@H](c1ccco1)N1CC[C@@H](N)C1. The van der Waals surface area contributed by atoms with Gasteiger partial charge in [0.1, 0.15) is 5.76 Å². The zero-order chi connectivity index (χ0) is 9.26. The van der Waals surface area contributed by atoms with Gasteiger partial charge in [0, 0.05) is 19.1 Å². The quantitative estimate of drug-likeness (QED) is 0.747. The smallest absolute Gasteiger partial charge is 0.120 e. The van der Waals surface area contributed by atoms with Crippen LogP contribution in [0, 0.1) is 0 Å². The van der Waals surface area contributed by atoms with E-state index in [1.807, 2.05) is 12.1 Å². The Morgan fingerprint density at radius 2 is 2.54 bits per heavy atom. The van der Waals surface area contributed by atoms with Crippen LogP contribution >= 0.6 is 0 Å². The third kappa shape index (κ3) is 1.76. The molecule has 0 radical (unpaired) electrons. The zero-order valence-corrected chi connectivity index (χ0v) is 7.94. The van der Waals surface area contributed by atoms with Gasteiger partial charge in [-0.05, 0) is 25.5 Å². The minimum Gasteiger partial charge on any atom is -0.468 e. The molecule has 1 aromatic heterocycles. The average molecular weight is 180 g/mol. The number of nitrogens with two attached hydrogens (primary N) is 1. The van der Waals surface area contributed by atoms with Crippen molar-refractivity contribution in [2.75, 3.05) is 13.1 Å². The van der Waals surface area contributed by atoms with Crippen molar-refractivity contribution in [2.45, 2.75) is 25.4 Å². The van der Waals surface area contributed by atoms with Crippen LogP contribution in [-0.4, -0.2) is 24.0 Å². The fraction of sp³-hybridized carbons (Fsp3) is 0.600. The molecule has 13 heavy (non-hydrogen) atoms. The molecule has 2 heterocycles. The molecule has 0 amide bonds.